The summed E-state index contributed by atoms with van der Waals surface area (Å²) in [5.74, 6) is 0.145. The number of hydrogen-bond donors (Lipinski definition) is 0. The fraction of sp³-hybridized carbons (Fsp3) is 0.562. The lowest BCUT2D eigenvalue weighted by Gasteiger charge is -2.34. The lowest BCUT2D eigenvalue weighted by molar-refractivity contribution is 0.0928. The molecule has 1 aliphatic rings. The number of carbonyl (C=O) groups is 1. The number of ketones is 1. The van der Waals surface area contributed by atoms with Crippen molar-refractivity contribution in [1.82, 2.24) is 9.80 Å². The highest BCUT2D eigenvalue weighted by Gasteiger charge is 2.17. The predicted octanol–water partition coefficient (Wildman–Crippen LogP) is 2.94. The Morgan fingerprint density at radius 2 is 1.70 bits per heavy atom. The summed E-state index contributed by atoms with van der Waals surface area (Å²) in [6, 6.07) is 7.30. The van der Waals surface area contributed by atoms with E-state index in [2.05, 4.69) is 16.7 Å². The number of Topliss-reactive ketones (excluding diaryl/α,β-unsaturated/α-hetero) is 1. The summed E-state index contributed by atoms with van der Waals surface area (Å²) in [6.07, 6.45) is 1.77. The van der Waals surface area contributed by atoms with E-state index >= 15 is 0 Å². The van der Waals surface area contributed by atoms with Crippen LogP contribution in [0.1, 0.15) is 30.1 Å². The van der Waals surface area contributed by atoms with Crippen LogP contribution < -0.4 is 0 Å². The molecule has 1 heterocycles. The van der Waals surface area contributed by atoms with Gasteiger partial charge in [0.15, 0.2) is 5.78 Å². The monoisotopic (exact) mass is 294 g/mol. The molecule has 1 aromatic carbocycles. The summed E-state index contributed by atoms with van der Waals surface area (Å²) in [7, 11) is 0. The highest BCUT2D eigenvalue weighted by Crippen LogP contribution is 2.17. The van der Waals surface area contributed by atoms with Gasteiger partial charge in [0, 0.05) is 44.7 Å². The Kier molecular flexibility index (Phi) is 6.02. The first kappa shape index (κ1) is 15.5. The molecule has 4 heteroatoms. The van der Waals surface area contributed by atoms with Crippen molar-refractivity contribution in [2.45, 2.75) is 19.8 Å². The maximum absolute atomic E-state index is 12.2. The Morgan fingerprint density at radius 3 is 2.30 bits per heavy atom. The van der Waals surface area contributed by atoms with Gasteiger partial charge in [-0.15, -0.1) is 0 Å². The number of nitrogens with zero attached hydrogens (tertiary/aromatic N) is 2. The summed E-state index contributed by atoms with van der Waals surface area (Å²) >= 11 is 6.05. The first-order valence-corrected chi connectivity index (χ1v) is 7.81. The van der Waals surface area contributed by atoms with E-state index in [1.807, 2.05) is 18.2 Å². The van der Waals surface area contributed by atoms with Crippen molar-refractivity contribution < 1.29 is 4.79 Å². The van der Waals surface area contributed by atoms with Crippen LogP contribution in [0.5, 0.6) is 0 Å². The fourth-order valence-electron chi connectivity index (χ4n) is 2.63. The van der Waals surface area contributed by atoms with Gasteiger partial charge in [0.05, 0.1) is 5.02 Å². The minimum atomic E-state index is 0.145. The zero-order valence-electron chi connectivity index (χ0n) is 12.1. The fourth-order valence-corrected chi connectivity index (χ4v) is 2.88. The number of benzene rings is 1. The van der Waals surface area contributed by atoms with Gasteiger partial charge in [-0.25, -0.2) is 0 Å². The van der Waals surface area contributed by atoms with Gasteiger partial charge >= 0.3 is 0 Å². The van der Waals surface area contributed by atoms with E-state index in [0.717, 1.165) is 32.7 Å². The molecule has 1 fully saturated rings. The number of piperazine rings is 1. The molecule has 1 aliphatic heterocycles. The van der Waals surface area contributed by atoms with Crippen molar-refractivity contribution in [3.8, 4) is 0 Å². The zero-order valence-corrected chi connectivity index (χ0v) is 12.9. The van der Waals surface area contributed by atoms with Gasteiger partial charge in [0.2, 0.25) is 0 Å². The second-order valence-corrected chi connectivity index (χ2v) is 5.74. The number of halogens is 1. The van der Waals surface area contributed by atoms with E-state index in [4.69, 9.17) is 11.6 Å². The lowest BCUT2D eigenvalue weighted by Crippen LogP contribution is -2.46. The molecule has 3 nitrogen and oxygen atoms in total. The van der Waals surface area contributed by atoms with E-state index in [1.54, 1.807) is 6.07 Å². The second kappa shape index (κ2) is 7.77. The van der Waals surface area contributed by atoms with E-state index in [9.17, 15) is 4.79 Å². The Morgan fingerprint density at radius 1 is 1.10 bits per heavy atom. The quantitative estimate of drug-likeness (QED) is 0.754. The Bertz CT molecular complexity index is 442. The van der Waals surface area contributed by atoms with Crippen LogP contribution >= 0.6 is 11.6 Å². The minimum absolute atomic E-state index is 0.145. The number of rotatable bonds is 6. The molecule has 0 unspecified atom stereocenters. The lowest BCUT2D eigenvalue weighted by atomic mass is 10.1. The molecule has 0 atom stereocenters. The molecule has 110 valence electrons. The molecule has 0 radical (unpaired) electrons. The predicted molar refractivity (Wildman–Crippen MR) is 83.6 cm³/mol. The average molecular weight is 295 g/mol. The molecule has 1 saturated heterocycles. The van der Waals surface area contributed by atoms with Gasteiger partial charge in [0.25, 0.3) is 0 Å². The molecule has 0 N–H and O–H groups in total. The van der Waals surface area contributed by atoms with Crippen molar-refractivity contribution in [1.29, 1.82) is 0 Å². The first-order valence-electron chi connectivity index (χ1n) is 7.43. The molecule has 0 aromatic heterocycles. The van der Waals surface area contributed by atoms with Crippen LogP contribution in [0.4, 0.5) is 0 Å². The van der Waals surface area contributed by atoms with E-state index in [-0.39, 0.29) is 5.78 Å². The molecule has 0 amide bonds. The van der Waals surface area contributed by atoms with Gasteiger partial charge in [-0.3, -0.25) is 4.79 Å². The van der Waals surface area contributed by atoms with Gasteiger partial charge in [0.1, 0.15) is 0 Å². The van der Waals surface area contributed by atoms with Gasteiger partial charge in [-0.2, -0.15) is 0 Å². The highest BCUT2D eigenvalue weighted by molar-refractivity contribution is 6.33. The average Bonchev–Trinajstić information content (AvgIpc) is 2.47. The Balaban J connectivity index is 1.76. The molecule has 20 heavy (non-hydrogen) atoms. The van der Waals surface area contributed by atoms with Crippen molar-refractivity contribution in [3.05, 3.63) is 34.9 Å². The Hall–Kier alpha value is -0.900. The SMILES string of the molecule is CCCN1CCN(CCC(=O)c2ccccc2Cl)CC1. The van der Waals surface area contributed by atoms with Crippen LogP contribution in [-0.4, -0.2) is 54.9 Å². The van der Waals surface area contributed by atoms with Crippen LogP contribution in [0.15, 0.2) is 24.3 Å². The largest absolute Gasteiger partial charge is 0.301 e. The minimum Gasteiger partial charge on any atom is -0.301 e. The molecule has 0 bridgehead atoms. The maximum Gasteiger partial charge on any atom is 0.165 e. The highest BCUT2D eigenvalue weighted by atomic mass is 35.5. The van der Waals surface area contributed by atoms with Crippen molar-refractivity contribution in [2.75, 3.05) is 39.3 Å². The summed E-state index contributed by atoms with van der Waals surface area (Å²) in [5.41, 5.74) is 0.652. The number of hydrogen-bond acceptors (Lipinski definition) is 3. The molecule has 0 saturated carbocycles. The standard InChI is InChI=1S/C16H23ClN2O/c1-2-8-18-10-12-19(13-11-18)9-7-16(20)14-5-3-4-6-15(14)17/h3-6H,2,7-13H2,1H3. The molecular formula is C16H23ClN2O. The van der Waals surface area contributed by atoms with Crippen molar-refractivity contribution in [2.24, 2.45) is 0 Å². The summed E-state index contributed by atoms with van der Waals surface area (Å²) in [4.78, 5) is 17.0. The first-order chi connectivity index (χ1) is 9.70. The third-order valence-corrected chi connectivity index (χ3v) is 4.16. The third kappa shape index (κ3) is 4.30. The van der Waals surface area contributed by atoms with Crippen LogP contribution in [0.3, 0.4) is 0 Å². The van der Waals surface area contributed by atoms with E-state index < -0.39 is 0 Å². The van der Waals surface area contributed by atoms with Crippen LogP contribution in [0.2, 0.25) is 5.02 Å². The summed E-state index contributed by atoms with van der Waals surface area (Å²) in [6.45, 7) is 8.61. The van der Waals surface area contributed by atoms with Gasteiger partial charge < -0.3 is 9.80 Å². The Labute approximate surface area is 126 Å². The summed E-state index contributed by atoms with van der Waals surface area (Å²) in [5, 5.41) is 0.560. The summed E-state index contributed by atoms with van der Waals surface area (Å²) < 4.78 is 0. The van der Waals surface area contributed by atoms with Crippen LogP contribution in [-0.2, 0) is 0 Å². The maximum atomic E-state index is 12.2. The van der Waals surface area contributed by atoms with Crippen LogP contribution in [0, 0.1) is 0 Å². The zero-order chi connectivity index (χ0) is 14.4. The van der Waals surface area contributed by atoms with Crippen molar-refractivity contribution >= 4 is 17.4 Å². The van der Waals surface area contributed by atoms with Gasteiger partial charge in [-0.1, -0.05) is 30.7 Å². The third-order valence-electron chi connectivity index (χ3n) is 3.83. The molecule has 2 rings (SSSR count). The van der Waals surface area contributed by atoms with Crippen molar-refractivity contribution in [3.63, 3.8) is 0 Å². The van der Waals surface area contributed by atoms with Crippen LogP contribution in [0.25, 0.3) is 0 Å². The molecule has 0 spiro atoms. The molecular weight excluding hydrogens is 272 g/mol. The van der Waals surface area contributed by atoms with E-state index in [1.165, 1.54) is 13.0 Å². The van der Waals surface area contributed by atoms with E-state index in [0.29, 0.717) is 17.0 Å². The normalized spacial score (nSPS) is 17.3. The molecule has 1 aromatic rings. The smallest absolute Gasteiger partial charge is 0.165 e. The topological polar surface area (TPSA) is 23.6 Å². The molecule has 0 aliphatic carbocycles. The second-order valence-electron chi connectivity index (χ2n) is 5.34. The number of carbonyl (C=O) groups excluding carboxylic acids is 1. The van der Waals surface area contributed by atoms with Gasteiger partial charge in [-0.05, 0) is 25.1 Å².